The fraction of sp³-hybridized carbons (Fsp3) is 0.538. The zero-order valence-electron chi connectivity index (χ0n) is 19.7. The molecule has 1 N–H and O–H groups in total. The molecule has 1 aromatic carbocycles. The summed E-state index contributed by atoms with van der Waals surface area (Å²) in [6.07, 6.45) is 10.1. The monoisotopic (exact) mass is 438 g/mol. The molecule has 1 aromatic heterocycles. The van der Waals surface area contributed by atoms with Gasteiger partial charge >= 0.3 is 5.97 Å². The maximum Gasteiger partial charge on any atom is 0.318 e. The zero-order chi connectivity index (χ0) is 23.1. The van der Waals surface area contributed by atoms with E-state index in [1.54, 1.807) is 18.6 Å². The second-order valence-electron chi connectivity index (χ2n) is 10.0. The topological polar surface area (TPSA) is 73.6 Å². The number of imidazole rings is 1. The Morgan fingerprint density at radius 1 is 1.41 bits per heavy atom. The van der Waals surface area contributed by atoms with Crippen molar-refractivity contribution in [1.82, 2.24) is 9.55 Å². The quantitative estimate of drug-likeness (QED) is 0.501. The van der Waals surface area contributed by atoms with Crippen LogP contribution in [0.2, 0.25) is 0 Å². The van der Waals surface area contributed by atoms with E-state index in [2.05, 4.69) is 31.8 Å². The van der Waals surface area contributed by atoms with Gasteiger partial charge in [0.05, 0.1) is 12.9 Å². The largest absolute Gasteiger partial charge is 0.508 e. The predicted octanol–water partition coefficient (Wildman–Crippen LogP) is 5.11. The number of aromatic hydroxyl groups is 1. The van der Waals surface area contributed by atoms with Gasteiger partial charge in [-0.25, -0.2) is 4.98 Å². The Hall–Kier alpha value is -2.76. The van der Waals surface area contributed by atoms with Gasteiger partial charge < -0.3 is 19.1 Å². The van der Waals surface area contributed by atoms with Gasteiger partial charge in [0, 0.05) is 36.3 Å². The Bertz CT molecular complexity index is 1020. The van der Waals surface area contributed by atoms with E-state index in [0.29, 0.717) is 30.4 Å². The van der Waals surface area contributed by atoms with Crippen LogP contribution in [0.3, 0.4) is 0 Å². The van der Waals surface area contributed by atoms with E-state index < -0.39 is 5.41 Å². The molecule has 1 unspecified atom stereocenters. The molecule has 3 atom stereocenters. The molecule has 4 rings (SSSR count). The molecule has 32 heavy (non-hydrogen) atoms. The number of aromatic nitrogens is 2. The van der Waals surface area contributed by atoms with E-state index in [1.165, 1.54) is 5.57 Å². The van der Waals surface area contributed by atoms with Crippen molar-refractivity contribution in [1.29, 1.82) is 0 Å². The van der Waals surface area contributed by atoms with Crippen LogP contribution in [0.15, 0.2) is 42.5 Å². The number of hydrogen-bond acceptors (Lipinski definition) is 5. The maximum atomic E-state index is 13.2. The Morgan fingerprint density at radius 2 is 2.19 bits per heavy atom. The second-order valence-corrected chi connectivity index (χ2v) is 10.0. The highest BCUT2D eigenvalue weighted by molar-refractivity contribution is 5.83. The lowest BCUT2D eigenvalue weighted by Crippen LogP contribution is -2.45. The van der Waals surface area contributed by atoms with Gasteiger partial charge in [-0.05, 0) is 64.7 Å². The molecule has 0 radical (unpaired) electrons. The number of ether oxygens (including phenoxy) is 2. The highest BCUT2D eigenvalue weighted by Gasteiger charge is 2.47. The summed E-state index contributed by atoms with van der Waals surface area (Å²) >= 11 is 0. The van der Waals surface area contributed by atoms with Crippen LogP contribution in [0.4, 0.5) is 0 Å². The second kappa shape index (κ2) is 8.30. The third-order valence-electron chi connectivity index (χ3n) is 7.09. The minimum Gasteiger partial charge on any atom is -0.508 e. The summed E-state index contributed by atoms with van der Waals surface area (Å²) in [5.41, 5.74) is 1.50. The first-order chi connectivity index (χ1) is 15.2. The molecule has 6 nitrogen and oxygen atoms in total. The van der Waals surface area contributed by atoms with E-state index >= 15 is 0 Å². The summed E-state index contributed by atoms with van der Waals surface area (Å²) in [5.74, 6) is 1.03. The molecular formula is C26H34N2O4. The number of carbonyl (C=O) groups is 1. The number of nitrogens with zero attached hydrogens (tertiary/aromatic N) is 2. The van der Waals surface area contributed by atoms with Gasteiger partial charge in [0.15, 0.2) is 0 Å². The van der Waals surface area contributed by atoms with Crippen LogP contribution < -0.4 is 4.74 Å². The van der Waals surface area contributed by atoms with E-state index in [0.717, 1.165) is 24.8 Å². The summed E-state index contributed by atoms with van der Waals surface area (Å²) in [4.78, 5) is 17.4. The Morgan fingerprint density at radius 3 is 2.88 bits per heavy atom. The molecule has 0 amide bonds. The minimum absolute atomic E-state index is 0.192. The molecule has 2 aromatic rings. The first-order valence-electron chi connectivity index (χ1n) is 11.5. The number of fused-ring (bicyclic) bond motifs is 3. The molecule has 1 aliphatic heterocycles. The van der Waals surface area contributed by atoms with Crippen molar-refractivity contribution in [3.8, 4) is 11.5 Å². The van der Waals surface area contributed by atoms with E-state index in [4.69, 9.17) is 9.47 Å². The van der Waals surface area contributed by atoms with Crippen LogP contribution in [0.25, 0.3) is 0 Å². The van der Waals surface area contributed by atoms with Crippen LogP contribution in [0.1, 0.15) is 70.9 Å². The molecule has 0 fully saturated rings. The minimum atomic E-state index is -1.00. The number of phenols is 1. The van der Waals surface area contributed by atoms with Crippen molar-refractivity contribution in [2.45, 2.75) is 77.4 Å². The van der Waals surface area contributed by atoms with Gasteiger partial charge in [-0.1, -0.05) is 18.6 Å². The van der Waals surface area contributed by atoms with E-state index in [-0.39, 0.29) is 23.2 Å². The predicted molar refractivity (Wildman–Crippen MR) is 123 cm³/mol. The highest BCUT2D eigenvalue weighted by Crippen LogP contribution is 2.54. The van der Waals surface area contributed by atoms with Gasteiger partial charge in [-0.3, -0.25) is 4.79 Å². The fourth-order valence-electron chi connectivity index (χ4n) is 5.26. The number of carbonyl (C=O) groups excluding carboxylic acids is 1. The fourth-order valence-corrected chi connectivity index (χ4v) is 5.26. The summed E-state index contributed by atoms with van der Waals surface area (Å²) in [6, 6.07) is 3.67. The molecule has 172 valence electrons. The Kier molecular flexibility index (Phi) is 5.82. The zero-order valence-corrected chi connectivity index (χ0v) is 19.7. The van der Waals surface area contributed by atoms with Gasteiger partial charge in [-0.15, -0.1) is 0 Å². The first kappa shape index (κ1) is 22.4. The molecule has 6 heteroatoms. The average Bonchev–Trinajstić information content (AvgIpc) is 3.23. The lowest BCUT2D eigenvalue weighted by Gasteiger charge is -2.47. The number of allylic oxidation sites excluding steroid dienone is 2. The van der Waals surface area contributed by atoms with E-state index in [9.17, 15) is 9.90 Å². The summed E-state index contributed by atoms with van der Waals surface area (Å²) in [6.45, 7) is 10.9. The van der Waals surface area contributed by atoms with Crippen molar-refractivity contribution in [2.75, 3.05) is 6.61 Å². The molecule has 2 heterocycles. The summed E-state index contributed by atoms with van der Waals surface area (Å²) in [7, 11) is 0. The molecule has 0 saturated heterocycles. The number of benzene rings is 1. The molecular weight excluding hydrogens is 404 g/mol. The molecule has 1 aliphatic carbocycles. The van der Waals surface area contributed by atoms with Crippen molar-refractivity contribution >= 4 is 5.97 Å². The van der Waals surface area contributed by atoms with E-state index in [1.807, 2.05) is 30.7 Å². The summed E-state index contributed by atoms with van der Waals surface area (Å²) < 4.78 is 13.9. The third kappa shape index (κ3) is 3.91. The standard InChI is InChI=1S/C26H34N2O4/c1-6-11-31-24(30)26(5,15-28-10-9-27-16-28)18-13-21(29)23-19-12-17(2)7-8-20(19)25(3,4)32-22(23)14-18/h7,9-10,13-14,16,19-20,29H,6,8,11-12,15H2,1-5H3/t19-,20-,26?/m1/s1. The lowest BCUT2D eigenvalue weighted by molar-refractivity contribution is -0.150. The third-order valence-corrected chi connectivity index (χ3v) is 7.09. The number of esters is 1. The van der Waals surface area contributed by atoms with Gasteiger partial charge in [0.25, 0.3) is 0 Å². The smallest absolute Gasteiger partial charge is 0.318 e. The lowest BCUT2D eigenvalue weighted by atomic mass is 9.66. The van der Waals surface area contributed by atoms with Gasteiger partial charge in [0.2, 0.25) is 0 Å². The van der Waals surface area contributed by atoms with Crippen molar-refractivity contribution in [2.24, 2.45) is 5.92 Å². The molecule has 2 aliphatic rings. The SMILES string of the molecule is CCCOC(=O)C(C)(Cn1ccnc1)c1cc(O)c2c(c1)OC(C)(C)[C@@H]1CC=C(C)C[C@@H]21. The van der Waals surface area contributed by atoms with Crippen molar-refractivity contribution < 1.29 is 19.4 Å². The van der Waals surface area contributed by atoms with Crippen LogP contribution in [0.5, 0.6) is 11.5 Å². The summed E-state index contributed by atoms with van der Waals surface area (Å²) in [5, 5.41) is 11.2. The van der Waals surface area contributed by atoms with Crippen LogP contribution in [0, 0.1) is 5.92 Å². The first-order valence-corrected chi connectivity index (χ1v) is 11.5. The van der Waals surface area contributed by atoms with Gasteiger partial charge in [-0.2, -0.15) is 0 Å². The Labute approximate surface area is 190 Å². The molecule has 0 saturated carbocycles. The average molecular weight is 439 g/mol. The van der Waals surface area contributed by atoms with Crippen molar-refractivity contribution in [3.05, 3.63) is 53.6 Å². The highest BCUT2D eigenvalue weighted by atomic mass is 16.5. The number of rotatable bonds is 6. The molecule has 0 spiro atoms. The van der Waals surface area contributed by atoms with Crippen LogP contribution in [-0.2, 0) is 21.5 Å². The van der Waals surface area contributed by atoms with Crippen molar-refractivity contribution in [3.63, 3.8) is 0 Å². The van der Waals surface area contributed by atoms with Crippen LogP contribution in [-0.4, -0.2) is 32.8 Å². The molecule has 0 bridgehead atoms. The maximum absolute atomic E-state index is 13.2. The van der Waals surface area contributed by atoms with Crippen LogP contribution >= 0.6 is 0 Å². The van der Waals surface area contributed by atoms with Gasteiger partial charge in [0.1, 0.15) is 22.5 Å². The number of phenolic OH excluding ortho intramolecular Hbond substituents is 1. The normalized spacial score (nSPS) is 23.2. The Balaban J connectivity index is 1.80. The number of hydrogen-bond donors (Lipinski definition) is 1.